The molecule has 4 heteroatoms. The van der Waals surface area contributed by atoms with Crippen LogP contribution in [0.3, 0.4) is 0 Å². The first-order chi connectivity index (χ1) is 8.74. The molecule has 0 radical (unpaired) electrons. The Morgan fingerprint density at radius 2 is 2.17 bits per heavy atom. The first-order valence-corrected chi connectivity index (χ1v) is 6.53. The second-order valence-electron chi connectivity index (χ2n) is 4.01. The number of aromatic nitrogens is 2. The fourth-order valence-corrected chi connectivity index (χ4v) is 2.12. The molecule has 18 heavy (non-hydrogen) atoms. The third kappa shape index (κ3) is 2.85. The highest BCUT2D eigenvalue weighted by molar-refractivity contribution is 6.31. The van der Waals surface area contributed by atoms with Gasteiger partial charge in [-0.15, -0.1) is 0 Å². The van der Waals surface area contributed by atoms with E-state index in [1.165, 1.54) is 0 Å². The van der Waals surface area contributed by atoms with Crippen LogP contribution in [0.5, 0.6) is 5.75 Å². The van der Waals surface area contributed by atoms with Gasteiger partial charge in [0.1, 0.15) is 11.6 Å². The number of nitrogens with zero attached hydrogens (tertiary/aromatic N) is 2. The molecule has 0 aliphatic heterocycles. The summed E-state index contributed by atoms with van der Waals surface area (Å²) >= 11 is 6.26. The van der Waals surface area contributed by atoms with Crippen LogP contribution in [-0.2, 0) is 13.0 Å². The molecular weight excluding hydrogens is 248 g/mol. The van der Waals surface area contributed by atoms with Crippen molar-refractivity contribution in [3.05, 3.63) is 47.0 Å². The lowest BCUT2D eigenvalue weighted by Gasteiger charge is -2.10. The lowest BCUT2D eigenvalue weighted by Crippen LogP contribution is -2.04. The fraction of sp³-hybridized carbons (Fsp3) is 0.357. The molecule has 0 atom stereocenters. The molecule has 0 unspecified atom stereocenters. The van der Waals surface area contributed by atoms with E-state index in [-0.39, 0.29) is 0 Å². The fourth-order valence-electron chi connectivity index (χ4n) is 1.89. The van der Waals surface area contributed by atoms with E-state index in [0.29, 0.717) is 6.61 Å². The summed E-state index contributed by atoms with van der Waals surface area (Å²) in [7, 11) is 0. The van der Waals surface area contributed by atoms with Gasteiger partial charge in [-0.3, -0.25) is 0 Å². The molecule has 2 aromatic rings. The second kappa shape index (κ2) is 5.91. The molecule has 0 fully saturated rings. The van der Waals surface area contributed by atoms with Crippen LogP contribution in [0.2, 0.25) is 5.02 Å². The number of rotatable bonds is 5. The van der Waals surface area contributed by atoms with E-state index in [1.54, 1.807) is 0 Å². The Bertz CT molecular complexity index is 522. The number of aryl methyl sites for hydroxylation is 1. The third-order valence-corrected chi connectivity index (χ3v) is 3.15. The second-order valence-corrected chi connectivity index (χ2v) is 4.42. The monoisotopic (exact) mass is 264 g/mol. The van der Waals surface area contributed by atoms with Gasteiger partial charge in [-0.1, -0.05) is 24.6 Å². The van der Waals surface area contributed by atoms with Crippen molar-refractivity contribution in [2.24, 2.45) is 0 Å². The van der Waals surface area contributed by atoms with Crippen molar-refractivity contribution in [2.75, 3.05) is 6.61 Å². The zero-order chi connectivity index (χ0) is 13.0. The summed E-state index contributed by atoms with van der Waals surface area (Å²) in [5.41, 5.74) is 1.08. The maximum absolute atomic E-state index is 6.26. The summed E-state index contributed by atoms with van der Waals surface area (Å²) in [4.78, 5) is 4.30. The van der Waals surface area contributed by atoms with Gasteiger partial charge >= 0.3 is 0 Å². The maximum Gasteiger partial charge on any atom is 0.120 e. The van der Waals surface area contributed by atoms with Crippen LogP contribution in [0, 0.1) is 0 Å². The largest absolute Gasteiger partial charge is 0.494 e. The number of hydrogen-bond acceptors (Lipinski definition) is 2. The van der Waals surface area contributed by atoms with Gasteiger partial charge in [0.15, 0.2) is 0 Å². The molecule has 0 aliphatic carbocycles. The maximum atomic E-state index is 6.26. The summed E-state index contributed by atoms with van der Waals surface area (Å²) in [6.07, 6.45) is 4.72. The molecule has 0 N–H and O–H groups in total. The molecule has 0 saturated carbocycles. The SMILES string of the molecule is CCOc1ccc(Cn2ccnc2CC)c(Cl)c1. The number of benzene rings is 1. The quantitative estimate of drug-likeness (QED) is 0.826. The minimum Gasteiger partial charge on any atom is -0.494 e. The standard InChI is InChI=1S/C14H17ClN2O/c1-3-14-16-7-8-17(14)10-11-5-6-12(18-4-2)9-13(11)15/h5-9H,3-4,10H2,1-2H3. The predicted octanol–water partition coefficient (Wildman–Crippen LogP) is 3.55. The zero-order valence-corrected chi connectivity index (χ0v) is 11.4. The number of imidazole rings is 1. The van der Waals surface area contributed by atoms with E-state index >= 15 is 0 Å². The van der Waals surface area contributed by atoms with E-state index in [2.05, 4.69) is 16.5 Å². The lowest BCUT2D eigenvalue weighted by molar-refractivity contribution is 0.340. The van der Waals surface area contributed by atoms with E-state index in [0.717, 1.165) is 35.1 Å². The van der Waals surface area contributed by atoms with E-state index in [9.17, 15) is 0 Å². The van der Waals surface area contributed by atoms with Crippen LogP contribution in [0.25, 0.3) is 0 Å². The van der Waals surface area contributed by atoms with Gasteiger partial charge in [0.25, 0.3) is 0 Å². The van der Waals surface area contributed by atoms with Crippen LogP contribution in [0.15, 0.2) is 30.6 Å². The highest BCUT2D eigenvalue weighted by Gasteiger charge is 2.06. The van der Waals surface area contributed by atoms with Gasteiger partial charge in [0.05, 0.1) is 13.2 Å². The number of hydrogen-bond donors (Lipinski definition) is 0. The Morgan fingerprint density at radius 1 is 1.33 bits per heavy atom. The van der Waals surface area contributed by atoms with Crippen molar-refractivity contribution >= 4 is 11.6 Å². The van der Waals surface area contributed by atoms with Gasteiger partial charge in [-0.25, -0.2) is 4.98 Å². The van der Waals surface area contributed by atoms with Crippen molar-refractivity contribution in [1.82, 2.24) is 9.55 Å². The molecule has 0 bridgehead atoms. The van der Waals surface area contributed by atoms with Gasteiger partial charge in [-0.2, -0.15) is 0 Å². The Hall–Kier alpha value is -1.48. The van der Waals surface area contributed by atoms with E-state index < -0.39 is 0 Å². The zero-order valence-electron chi connectivity index (χ0n) is 10.7. The normalized spacial score (nSPS) is 10.6. The van der Waals surface area contributed by atoms with E-state index in [1.807, 2.05) is 37.5 Å². The molecule has 1 aromatic carbocycles. The van der Waals surface area contributed by atoms with Crippen LogP contribution in [0.4, 0.5) is 0 Å². The minimum atomic E-state index is 0.650. The van der Waals surface area contributed by atoms with Crippen molar-refractivity contribution in [3.8, 4) is 5.75 Å². The Labute approximate surface area is 112 Å². The molecule has 0 saturated heterocycles. The van der Waals surface area contributed by atoms with Crippen molar-refractivity contribution < 1.29 is 4.74 Å². The average Bonchev–Trinajstić information content (AvgIpc) is 2.80. The smallest absolute Gasteiger partial charge is 0.120 e. The Morgan fingerprint density at radius 3 is 2.83 bits per heavy atom. The van der Waals surface area contributed by atoms with Gasteiger partial charge in [-0.05, 0) is 24.6 Å². The summed E-state index contributed by atoms with van der Waals surface area (Å²) in [5, 5.41) is 0.733. The molecular formula is C14H17ClN2O. The van der Waals surface area contributed by atoms with Crippen LogP contribution >= 0.6 is 11.6 Å². The highest BCUT2D eigenvalue weighted by atomic mass is 35.5. The van der Waals surface area contributed by atoms with Gasteiger partial charge < -0.3 is 9.30 Å². The summed E-state index contributed by atoms with van der Waals surface area (Å²) < 4.78 is 7.53. The lowest BCUT2D eigenvalue weighted by atomic mass is 10.2. The van der Waals surface area contributed by atoms with Gasteiger partial charge in [0.2, 0.25) is 0 Å². The molecule has 0 spiro atoms. The number of halogens is 1. The summed E-state index contributed by atoms with van der Waals surface area (Å²) in [6, 6.07) is 5.82. The number of ether oxygens (including phenoxy) is 1. The molecule has 3 nitrogen and oxygen atoms in total. The highest BCUT2D eigenvalue weighted by Crippen LogP contribution is 2.23. The van der Waals surface area contributed by atoms with Gasteiger partial charge in [0, 0.05) is 23.8 Å². The van der Waals surface area contributed by atoms with Crippen molar-refractivity contribution in [3.63, 3.8) is 0 Å². The van der Waals surface area contributed by atoms with Crippen LogP contribution in [-0.4, -0.2) is 16.2 Å². The van der Waals surface area contributed by atoms with Crippen LogP contribution in [0.1, 0.15) is 25.2 Å². The first kappa shape index (κ1) is 13.0. The molecule has 0 amide bonds. The molecule has 2 rings (SSSR count). The molecule has 1 aromatic heterocycles. The molecule has 1 heterocycles. The molecule has 0 aliphatic rings. The third-order valence-electron chi connectivity index (χ3n) is 2.79. The summed E-state index contributed by atoms with van der Waals surface area (Å²) in [5.74, 6) is 1.88. The average molecular weight is 265 g/mol. The summed E-state index contributed by atoms with van der Waals surface area (Å²) in [6.45, 7) is 5.45. The predicted molar refractivity (Wildman–Crippen MR) is 73.3 cm³/mol. The van der Waals surface area contributed by atoms with Crippen molar-refractivity contribution in [1.29, 1.82) is 0 Å². The first-order valence-electron chi connectivity index (χ1n) is 6.15. The Balaban J connectivity index is 2.19. The Kier molecular flexibility index (Phi) is 4.26. The molecule has 96 valence electrons. The van der Waals surface area contributed by atoms with Crippen LogP contribution < -0.4 is 4.74 Å². The van der Waals surface area contributed by atoms with Crippen molar-refractivity contribution in [2.45, 2.75) is 26.8 Å². The topological polar surface area (TPSA) is 27.1 Å². The van der Waals surface area contributed by atoms with E-state index in [4.69, 9.17) is 16.3 Å². The minimum absolute atomic E-state index is 0.650.